The molecular formula is C8H7NO3. The van der Waals surface area contributed by atoms with Crippen LogP contribution >= 0.6 is 0 Å². The Morgan fingerprint density at radius 3 is 2.33 bits per heavy atom. The first-order chi connectivity index (χ1) is 5.77. The monoisotopic (exact) mass is 165 g/mol. The molecule has 0 aliphatic rings. The molecule has 0 fully saturated rings. The van der Waals surface area contributed by atoms with Crippen molar-refractivity contribution in [2.24, 2.45) is 5.18 Å². The Morgan fingerprint density at radius 2 is 1.92 bits per heavy atom. The molecule has 0 bridgehead atoms. The minimum Gasteiger partial charge on any atom is -0.465 e. The first-order valence-electron chi connectivity index (χ1n) is 3.29. The minimum atomic E-state index is -0.424. The fourth-order valence-electron chi connectivity index (χ4n) is 0.776. The molecule has 0 amide bonds. The number of benzene rings is 1. The molecule has 0 unspecified atom stereocenters. The molecule has 0 aliphatic heterocycles. The first-order valence-corrected chi connectivity index (χ1v) is 3.29. The van der Waals surface area contributed by atoms with Gasteiger partial charge in [-0.1, -0.05) is 0 Å². The van der Waals surface area contributed by atoms with Gasteiger partial charge in [0, 0.05) is 0 Å². The summed E-state index contributed by atoms with van der Waals surface area (Å²) in [7, 11) is 1.30. The molecule has 0 saturated carbocycles. The van der Waals surface area contributed by atoms with Gasteiger partial charge in [-0.25, -0.2) is 4.79 Å². The number of nitroso groups, excluding NO2 is 1. The third kappa shape index (κ3) is 1.66. The topological polar surface area (TPSA) is 55.7 Å². The minimum absolute atomic E-state index is 0.294. The lowest BCUT2D eigenvalue weighted by Gasteiger charge is -1.96. The van der Waals surface area contributed by atoms with Gasteiger partial charge in [-0.3, -0.25) is 0 Å². The van der Waals surface area contributed by atoms with Crippen molar-refractivity contribution in [1.29, 1.82) is 0 Å². The van der Waals surface area contributed by atoms with Crippen LogP contribution in [0, 0.1) is 4.91 Å². The second-order valence-corrected chi connectivity index (χ2v) is 2.13. The maximum Gasteiger partial charge on any atom is 0.337 e. The summed E-state index contributed by atoms with van der Waals surface area (Å²) in [4.78, 5) is 20.9. The summed E-state index contributed by atoms with van der Waals surface area (Å²) < 4.78 is 4.46. The summed E-state index contributed by atoms with van der Waals surface area (Å²) in [6.07, 6.45) is 0. The number of ether oxygens (including phenoxy) is 1. The maximum absolute atomic E-state index is 10.9. The molecule has 0 radical (unpaired) electrons. The van der Waals surface area contributed by atoms with Crippen LogP contribution in [0.3, 0.4) is 0 Å². The fraction of sp³-hybridized carbons (Fsp3) is 0.125. The van der Waals surface area contributed by atoms with Crippen molar-refractivity contribution in [2.75, 3.05) is 7.11 Å². The fourth-order valence-corrected chi connectivity index (χ4v) is 0.776. The van der Waals surface area contributed by atoms with E-state index in [4.69, 9.17) is 0 Å². The molecule has 0 aromatic heterocycles. The summed E-state index contributed by atoms with van der Waals surface area (Å²) in [5, 5.41) is 2.69. The van der Waals surface area contributed by atoms with E-state index in [1.54, 1.807) is 0 Å². The van der Waals surface area contributed by atoms with Crippen molar-refractivity contribution in [3.8, 4) is 0 Å². The Bertz CT molecular complexity index is 292. The predicted octanol–water partition coefficient (Wildman–Crippen LogP) is 1.87. The molecule has 0 N–H and O–H groups in total. The lowest BCUT2D eigenvalue weighted by atomic mass is 10.2. The molecule has 0 saturated heterocycles. The number of methoxy groups -OCH3 is 1. The number of hydrogen-bond donors (Lipinski definition) is 0. The van der Waals surface area contributed by atoms with E-state index in [9.17, 15) is 9.70 Å². The Balaban J connectivity index is 2.91. The van der Waals surface area contributed by atoms with Gasteiger partial charge in [-0.2, -0.15) is 0 Å². The third-order valence-corrected chi connectivity index (χ3v) is 1.39. The van der Waals surface area contributed by atoms with Crippen LogP contribution in [-0.4, -0.2) is 13.1 Å². The Morgan fingerprint density at radius 1 is 1.33 bits per heavy atom. The molecule has 0 heterocycles. The second kappa shape index (κ2) is 3.61. The predicted molar refractivity (Wildman–Crippen MR) is 43.2 cm³/mol. The number of rotatable bonds is 2. The van der Waals surface area contributed by atoms with Gasteiger partial charge in [0.05, 0.1) is 12.7 Å². The van der Waals surface area contributed by atoms with Crippen LogP contribution in [0.4, 0.5) is 5.69 Å². The van der Waals surface area contributed by atoms with Crippen molar-refractivity contribution < 1.29 is 9.53 Å². The molecule has 4 nitrogen and oxygen atoms in total. The van der Waals surface area contributed by atoms with Crippen LogP contribution in [0.5, 0.6) is 0 Å². The van der Waals surface area contributed by atoms with Crippen molar-refractivity contribution in [2.45, 2.75) is 0 Å². The van der Waals surface area contributed by atoms with Crippen molar-refractivity contribution in [1.82, 2.24) is 0 Å². The summed E-state index contributed by atoms with van der Waals surface area (Å²) in [6, 6.07) is 5.89. The van der Waals surface area contributed by atoms with Crippen LogP contribution in [0.25, 0.3) is 0 Å². The van der Waals surface area contributed by atoms with Gasteiger partial charge in [-0.05, 0) is 29.4 Å². The average molecular weight is 165 g/mol. The number of carbonyl (C=O) groups excluding carboxylic acids is 1. The van der Waals surface area contributed by atoms with E-state index in [1.807, 2.05) is 0 Å². The van der Waals surface area contributed by atoms with Crippen LogP contribution in [0.2, 0.25) is 0 Å². The molecule has 0 atom stereocenters. The van der Waals surface area contributed by atoms with E-state index in [0.717, 1.165) is 0 Å². The molecule has 62 valence electrons. The van der Waals surface area contributed by atoms with Crippen LogP contribution in [0.15, 0.2) is 29.4 Å². The first kappa shape index (κ1) is 8.39. The van der Waals surface area contributed by atoms with Crippen LogP contribution in [0.1, 0.15) is 10.4 Å². The normalized spacial score (nSPS) is 9.08. The standard InChI is InChI=1S/C8H7NO3/c1-12-8(10)6-2-4-7(9-11)5-3-6/h2-5H,1H3. The SMILES string of the molecule is COC(=O)c1ccc(N=O)cc1. The zero-order valence-corrected chi connectivity index (χ0v) is 6.48. The van der Waals surface area contributed by atoms with E-state index in [0.29, 0.717) is 11.3 Å². The quantitative estimate of drug-likeness (QED) is 0.496. The number of nitrogens with zero attached hydrogens (tertiary/aromatic N) is 1. The van der Waals surface area contributed by atoms with Crippen molar-refractivity contribution in [3.05, 3.63) is 34.7 Å². The summed E-state index contributed by atoms with van der Waals surface area (Å²) >= 11 is 0. The molecule has 0 spiro atoms. The van der Waals surface area contributed by atoms with Gasteiger partial charge >= 0.3 is 5.97 Å². The maximum atomic E-state index is 10.9. The van der Waals surface area contributed by atoms with Gasteiger partial charge in [-0.15, -0.1) is 4.91 Å². The zero-order chi connectivity index (χ0) is 8.97. The summed E-state index contributed by atoms with van der Waals surface area (Å²) in [6.45, 7) is 0. The van der Waals surface area contributed by atoms with E-state index in [2.05, 4.69) is 9.91 Å². The molecule has 12 heavy (non-hydrogen) atoms. The molecule has 1 rings (SSSR count). The molecule has 0 aliphatic carbocycles. The number of esters is 1. The lowest BCUT2D eigenvalue weighted by molar-refractivity contribution is 0.0601. The van der Waals surface area contributed by atoms with Crippen molar-refractivity contribution >= 4 is 11.7 Å². The molecular weight excluding hydrogens is 158 g/mol. The van der Waals surface area contributed by atoms with Gasteiger partial charge in [0.15, 0.2) is 0 Å². The Labute approximate surface area is 69.1 Å². The highest BCUT2D eigenvalue weighted by atomic mass is 16.5. The third-order valence-electron chi connectivity index (χ3n) is 1.39. The smallest absolute Gasteiger partial charge is 0.337 e. The lowest BCUT2D eigenvalue weighted by Crippen LogP contribution is -1.99. The van der Waals surface area contributed by atoms with Crippen LogP contribution in [-0.2, 0) is 4.74 Å². The summed E-state index contributed by atoms with van der Waals surface area (Å²) in [5.74, 6) is -0.424. The van der Waals surface area contributed by atoms with Gasteiger partial charge < -0.3 is 4.74 Å². The van der Waals surface area contributed by atoms with Gasteiger partial charge in [0.2, 0.25) is 0 Å². The highest BCUT2D eigenvalue weighted by molar-refractivity contribution is 5.89. The second-order valence-electron chi connectivity index (χ2n) is 2.13. The van der Waals surface area contributed by atoms with E-state index in [1.165, 1.54) is 31.4 Å². The largest absolute Gasteiger partial charge is 0.465 e. The Kier molecular flexibility index (Phi) is 2.53. The zero-order valence-electron chi connectivity index (χ0n) is 6.48. The van der Waals surface area contributed by atoms with E-state index in [-0.39, 0.29) is 0 Å². The van der Waals surface area contributed by atoms with Crippen LogP contribution < -0.4 is 0 Å². The van der Waals surface area contributed by atoms with Crippen molar-refractivity contribution in [3.63, 3.8) is 0 Å². The van der Waals surface area contributed by atoms with Gasteiger partial charge in [0.1, 0.15) is 5.69 Å². The van der Waals surface area contributed by atoms with E-state index >= 15 is 0 Å². The number of carbonyl (C=O) groups is 1. The number of hydrogen-bond acceptors (Lipinski definition) is 4. The highest BCUT2D eigenvalue weighted by Crippen LogP contribution is 2.12. The molecule has 1 aromatic rings. The summed E-state index contributed by atoms with van der Waals surface area (Å²) in [5.41, 5.74) is 0.701. The molecule has 1 aromatic carbocycles. The van der Waals surface area contributed by atoms with E-state index < -0.39 is 5.97 Å². The average Bonchev–Trinajstić information content (AvgIpc) is 2.17. The Hall–Kier alpha value is -1.71. The van der Waals surface area contributed by atoms with Gasteiger partial charge in [0.25, 0.3) is 0 Å². The molecule has 4 heteroatoms. The highest BCUT2D eigenvalue weighted by Gasteiger charge is 2.03.